The van der Waals surface area contributed by atoms with Gasteiger partial charge in [0.2, 0.25) is 5.88 Å². The van der Waals surface area contributed by atoms with Gasteiger partial charge in [-0.25, -0.2) is 14.6 Å². The van der Waals surface area contributed by atoms with Crippen molar-refractivity contribution in [1.82, 2.24) is 9.88 Å². The minimum atomic E-state index is -0.500. The number of anilines is 1. The molecule has 0 saturated carbocycles. The average molecular weight is 385 g/mol. The second-order valence-corrected chi connectivity index (χ2v) is 6.54. The zero-order valence-corrected chi connectivity index (χ0v) is 16.1. The number of methoxy groups -OCH3 is 1. The van der Waals surface area contributed by atoms with Gasteiger partial charge in [0.05, 0.1) is 26.3 Å². The van der Waals surface area contributed by atoms with E-state index in [-0.39, 0.29) is 24.4 Å². The third-order valence-electron chi connectivity index (χ3n) is 4.08. The summed E-state index contributed by atoms with van der Waals surface area (Å²) in [4.78, 5) is 30.5. The molecule has 8 nitrogen and oxygen atoms in total. The molecule has 1 aliphatic rings. The molecule has 1 aliphatic heterocycles. The smallest absolute Gasteiger partial charge is 0.357 e. The van der Waals surface area contributed by atoms with Crippen LogP contribution >= 0.6 is 0 Å². The predicted octanol–water partition coefficient (Wildman–Crippen LogP) is 3.08. The van der Waals surface area contributed by atoms with E-state index in [1.54, 1.807) is 62.3 Å². The highest BCUT2D eigenvalue weighted by Crippen LogP contribution is 2.23. The lowest BCUT2D eigenvalue weighted by Gasteiger charge is -2.20. The van der Waals surface area contributed by atoms with Gasteiger partial charge in [-0.1, -0.05) is 0 Å². The molecule has 0 saturated heterocycles. The summed E-state index contributed by atoms with van der Waals surface area (Å²) in [5.74, 6) is 0.561. The fraction of sp³-hybridized carbons (Fsp3) is 0.350. The molecule has 0 spiro atoms. The first-order valence-corrected chi connectivity index (χ1v) is 9.00. The van der Waals surface area contributed by atoms with Crippen LogP contribution in [0.5, 0.6) is 11.6 Å². The highest BCUT2D eigenvalue weighted by molar-refractivity contribution is 5.89. The monoisotopic (exact) mass is 385 g/mol. The lowest BCUT2D eigenvalue weighted by Crippen LogP contribution is -2.36. The molecule has 0 radical (unpaired) electrons. The molecule has 1 aromatic carbocycles. The first-order chi connectivity index (χ1) is 13.5. The van der Waals surface area contributed by atoms with Crippen LogP contribution in [0, 0.1) is 0 Å². The van der Waals surface area contributed by atoms with Crippen LogP contribution in [0.1, 0.15) is 29.9 Å². The SMILES string of the molecule is COc1ccc(NC(=O)N2CCOc3nc(C(=O)OC(C)C)ccc3C2)cc1. The van der Waals surface area contributed by atoms with Gasteiger partial charge in [-0.15, -0.1) is 0 Å². The Balaban J connectivity index is 1.69. The normalized spacial score (nSPS) is 13.2. The van der Waals surface area contributed by atoms with Crippen LogP contribution in [-0.2, 0) is 11.3 Å². The van der Waals surface area contributed by atoms with Gasteiger partial charge in [-0.2, -0.15) is 0 Å². The summed E-state index contributed by atoms with van der Waals surface area (Å²) in [6, 6.07) is 10.2. The quantitative estimate of drug-likeness (QED) is 0.814. The van der Waals surface area contributed by atoms with Gasteiger partial charge in [0.25, 0.3) is 0 Å². The van der Waals surface area contributed by atoms with Crippen LogP contribution in [0.4, 0.5) is 10.5 Å². The number of ether oxygens (including phenoxy) is 3. The Bertz CT molecular complexity index is 851. The summed E-state index contributed by atoms with van der Waals surface area (Å²) in [6.45, 7) is 4.54. The van der Waals surface area contributed by atoms with Gasteiger partial charge < -0.3 is 24.4 Å². The molecule has 1 aromatic heterocycles. The van der Waals surface area contributed by atoms with Gasteiger partial charge in [0, 0.05) is 11.3 Å². The van der Waals surface area contributed by atoms with Crippen molar-refractivity contribution in [3.05, 3.63) is 47.7 Å². The van der Waals surface area contributed by atoms with Crippen LogP contribution in [0.2, 0.25) is 0 Å². The first kappa shape index (κ1) is 19.5. The number of nitrogens with zero attached hydrogens (tertiary/aromatic N) is 2. The highest BCUT2D eigenvalue weighted by Gasteiger charge is 2.22. The summed E-state index contributed by atoms with van der Waals surface area (Å²) in [7, 11) is 1.59. The van der Waals surface area contributed by atoms with E-state index in [0.717, 1.165) is 5.56 Å². The third kappa shape index (κ3) is 4.70. The maximum absolute atomic E-state index is 12.6. The number of aromatic nitrogens is 1. The number of pyridine rings is 1. The Morgan fingerprint density at radius 2 is 1.93 bits per heavy atom. The molecule has 1 N–H and O–H groups in total. The van der Waals surface area contributed by atoms with Crippen molar-refractivity contribution in [1.29, 1.82) is 0 Å². The topological polar surface area (TPSA) is 90.0 Å². The molecule has 2 aromatic rings. The molecule has 0 unspecified atom stereocenters. The number of amides is 2. The number of nitrogens with one attached hydrogen (secondary N) is 1. The molecule has 0 fully saturated rings. The van der Waals surface area contributed by atoms with Gasteiger partial charge in [-0.05, 0) is 50.2 Å². The Kier molecular flexibility index (Phi) is 5.98. The standard InChI is InChI=1S/C20H23N3O5/c1-13(2)28-19(24)17-9-4-14-12-23(10-11-27-18(14)22-17)20(25)21-15-5-7-16(26-3)8-6-15/h4-9,13H,10-12H2,1-3H3,(H,21,25). The van der Waals surface area contributed by atoms with Crippen LogP contribution in [-0.4, -0.2) is 48.2 Å². The molecule has 0 bridgehead atoms. The summed E-state index contributed by atoms with van der Waals surface area (Å²) >= 11 is 0. The fourth-order valence-corrected chi connectivity index (χ4v) is 2.69. The van der Waals surface area contributed by atoms with Gasteiger partial charge in [-0.3, -0.25) is 0 Å². The van der Waals surface area contributed by atoms with Crippen LogP contribution in [0.25, 0.3) is 0 Å². The molecule has 2 heterocycles. The second kappa shape index (κ2) is 8.60. The Labute approximate surface area is 163 Å². The Morgan fingerprint density at radius 3 is 2.61 bits per heavy atom. The molecular formula is C20H23N3O5. The van der Waals surface area contributed by atoms with Crippen molar-refractivity contribution in [2.75, 3.05) is 25.6 Å². The number of esters is 1. The van der Waals surface area contributed by atoms with Crippen LogP contribution in [0.15, 0.2) is 36.4 Å². The Hall–Kier alpha value is -3.29. The zero-order chi connectivity index (χ0) is 20.1. The van der Waals surface area contributed by atoms with Gasteiger partial charge in [0.1, 0.15) is 12.4 Å². The molecule has 148 valence electrons. The molecule has 8 heteroatoms. The van der Waals surface area contributed by atoms with E-state index >= 15 is 0 Å². The summed E-state index contributed by atoms with van der Waals surface area (Å²) < 4.78 is 15.9. The van der Waals surface area contributed by atoms with E-state index in [1.807, 2.05) is 0 Å². The lowest BCUT2D eigenvalue weighted by atomic mass is 10.2. The maximum atomic E-state index is 12.6. The van der Waals surface area contributed by atoms with Crippen LogP contribution < -0.4 is 14.8 Å². The minimum absolute atomic E-state index is 0.184. The summed E-state index contributed by atoms with van der Waals surface area (Å²) in [5, 5.41) is 2.85. The number of benzene rings is 1. The average Bonchev–Trinajstić information content (AvgIpc) is 2.90. The number of carbonyl (C=O) groups excluding carboxylic acids is 2. The molecule has 2 amide bonds. The van der Waals surface area contributed by atoms with Crippen LogP contribution in [0.3, 0.4) is 0 Å². The molecule has 28 heavy (non-hydrogen) atoms. The van der Waals surface area contributed by atoms with Crippen molar-refractivity contribution in [3.63, 3.8) is 0 Å². The number of hydrogen-bond acceptors (Lipinski definition) is 6. The molecule has 0 atom stereocenters. The van der Waals surface area contributed by atoms with E-state index in [2.05, 4.69) is 10.3 Å². The number of carbonyl (C=O) groups is 2. The molecular weight excluding hydrogens is 362 g/mol. The largest absolute Gasteiger partial charge is 0.497 e. The maximum Gasteiger partial charge on any atom is 0.357 e. The number of fused-ring (bicyclic) bond motifs is 1. The van der Waals surface area contributed by atoms with E-state index in [4.69, 9.17) is 14.2 Å². The van der Waals surface area contributed by atoms with Crippen molar-refractivity contribution in [3.8, 4) is 11.6 Å². The first-order valence-electron chi connectivity index (χ1n) is 9.00. The fourth-order valence-electron chi connectivity index (χ4n) is 2.69. The van der Waals surface area contributed by atoms with Gasteiger partial charge in [0.15, 0.2) is 5.69 Å². The highest BCUT2D eigenvalue weighted by atomic mass is 16.5. The van der Waals surface area contributed by atoms with Gasteiger partial charge >= 0.3 is 12.0 Å². The van der Waals surface area contributed by atoms with E-state index in [1.165, 1.54) is 0 Å². The van der Waals surface area contributed by atoms with Crippen molar-refractivity contribution in [2.24, 2.45) is 0 Å². The van der Waals surface area contributed by atoms with Crippen molar-refractivity contribution >= 4 is 17.7 Å². The number of urea groups is 1. The molecule has 3 rings (SSSR count). The van der Waals surface area contributed by atoms with E-state index in [9.17, 15) is 9.59 Å². The lowest BCUT2D eigenvalue weighted by molar-refractivity contribution is 0.0369. The number of rotatable bonds is 4. The van der Waals surface area contributed by atoms with Crippen molar-refractivity contribution < 1.29 is 23.8 Å². The summed E-state index contributed by atoms with van der Waals surface area (Å²) in [5.41, 5.74) is 1.58. The van der Waals surface area contributed by atoms with Crippen molar-refractivity contribution in [2.45, 2.75) is 26.5 Å². The zero-order valence-electron chi connectivity index (χ0n) is 16.1. The van der Waals surface area contributed by atoms with E-state index in [0.29, 0.717) is 30.4 Å². The predicted molar refractivity (Wildman–Crippen MR) is 103 cm³/mol. The second-order valence-electron chi connectivity index (χ2n) is 6.54. The van der Waals surface area contributed by atoms with E-state index < -0.39 is 5.97 Å². The molecule has 0 aliphatic carbocycles. The number of hydrogen-bond donors (Lipinski definition) is 1. The Morgan fingerprint density at radius 1 is 1.18 bits per heavy atom. The summed E-state index contributed by atoms with van der Waals surface area (Å²) in [6.07, 6.45) is -0.230. The third-order valence-corrected chi connectivity index (χ3v) is 4.08. The minimum Gasteiger partial charge on any atom is -0.497 e.